The van der Waals surface area contributed by atoms with E-state index in [0.29, 0.717) is 11.3 Å². The van der Waals surface area contributed by atoms with E-state index in [1.807, 2.05) is 29.7 Å². The van der Waals surface area contributed by atoms with Gasteiger partial charge in [-0.25, -0.2) is 8.42 Å². The van der Waals surface area contributed by atoms with Crippen LogP contribution in [0.25, 0.3) is 10.2 Å². The van der Waals surface area contributed by atoms with Gasteiger partial charge >= 0.3 is 0 Å². The molecule has 0 spiro atoms. The van der Waals surface area contributed by atoms with Gasteiger partial charge in [0.2, 0.25) is 0 Å². The fourth-order valence-corrected chi connectivity index (χ4v) is 5.01. The molecule has 0 bridgehead atoms. The monoisotopic (exact) mass is 400 g/mol. The minimum atomic E-state index is -3.52. The third-order valence-corrected chi connectivity index (χ3v) is 7.01. The number of carbonyl (C=O) groups is 1. The van der Waals surface area contributed by atoms with E-state index < -0.39 is 15.7 Å². The number of amides is 1. The van der Waals surface area contributed by atoms with Gasteiger partial charge in [-0.05, 0) is 36.8 Å². The van der Waals surface area contributed by atoms with Crippen LogP contribution >= 0.6 is 11.3 Å². The third kappa shape index (κ3) is 3.79. The van der Waals surface area contributed by atoms with Gasteiger partial charge < -0.3 is 4.57 Å². The van der Waals surface area contributed by atoms with Crippen molar-refractivity contribution in [3.63, 3.8) is 0 Å². The van der Waals surface area contributed by atoms with Crippen molar-refractivity contribution in [3.05, 3.63) is 71.0 Å². The van der Waals surface area contributed by atoms with Crippen molar-refractivity contribution < 1.29 is 13.2 Å². The lowest BCUT2D eigenvalue weighted by Crippen LogP contribution is -2.17. The summed E-state index contributed by atoms with van der Waals surface area (Å²) in [6, 6.07) is 12.2. The molecular formula is C20H20N2O3S2. The van der Waals surface area contributed by atoms with Crippen LogP contribution in [0.3, 0.4) is 0 Å². The van der Waals surface area contributed by atoms with E-state index in [9.17, 15) is 13.2 Å². The van der Waals surface area contributed by atoms with E-state index >= 15 is 0 Å². The smallest absolute Gasteiger partial charge is 0.280 e. The Balaban J connectivity index is 2.20. The number of sulfone groups is 1. The van der Waals surface area contributed by atoms with Gasteiger partial charge in [0.1, 0.15) is 0 Å². The van der Waals surface area contributed by atoms with Crippen molar-refractivity contribution in [1.29, 1.82) is 0 Å². The molecule has 0 saturated carbocycles. The number of carbonyl (C=O) groups excluding carboxylic acids is 1. The Bertz CT molecular complexity index is 1200. The van der Waals surface area contributed by atoms with E-state index in [1.165, 1.54) is 23.5 Å². The molecule has 0 N–H and O–H groups in total. The summed E-state index contributed by atoms with van der Waals surface area (Å²) in [6.07, 6.45) is 1.74. The van der Waals surface area contributed by atoms with Crippen LogP contribution in [0.2, 0.25) is 0 Å². The Morgan fingerprint density at radius 2 is 2.00 bits per heavy atom. The molecule has 0 radical (unpaired) electrons. The zero-order valence-corrected chi connectivity index (χ0v) is 16.8. The molecule has 7 heteroatoms. The molecule has 0 aliphatic rings. The zero-order chi connectivity index (χ0) is 19.6. The first-order valence-electron chi connectivity index (χ1n) is 8.49. The Labute approximate surface area is 162 Å². The molecule has 0 unspecified atom stereocenters. The number of fused-ring (bicyclic) bond motifs is 1. The molecule has 140 valence electrons. The van der Waals surface area contributed by atoms with Crippen LogP contribution in [0, 0.1) is 6.92 Å². The molecule has 0 atom stereocenters. The van der Waals surface area contributed by atoms with E-state index in [-0.39, 0.29) is 16.2 Å². The van der Waals surface area contributed by atoms with Crippen molar-refractivity contribution >= 4 is 37.3 Å². The Morgan fingerprint density at radius 3 is 2.70 bits per heavy atom. The quantitative estimate of drug-likeness (QED) is 0.613. The molecule has 3 aromatic rings. The molecule has 0 aliphatic carbocycles. The fraction of sp³-hybridized carbons (Fsp3) is 0.200. The second kappa shape index (κ2) is 7.62. The van der Waals surface area contributed by atoms with E-state index in [0.717, 1.165) is 15.8 Å². The number of allylic oxidation sites excluding steroid dienone is 1. The Kier molecular flexibility index (Phi) is 5.43. The third-order valence-electron chi connectivity index (χ3n) is 4.18. The van der Waals surface area contributed by atoms with Gasteiger partial charge in [-0.15, -0.1) is 6.58 Å². The molecule has 1 amide bonds. The molecule has 0 aliphatic heterocycles. The van der Waals surface area contributed by atoms with Crippen LogP contribution in [0.1, 0.15) is 22.8 Å². The van der Waals surface area contributed by atoms with Gasteiger partial charge in [-0.3, -0.25) is 4.79 Å². The molecule has 27 heavy (non-hydrogen) atoms. The predicted octanol–water partition coefficient (Wildman–Crippen LogP) is 3.73. The summed E-state index contributed by atoms with van der Waals surface area (Å²) in [5.41, 5.74) is 2.18. The maximum atomic E-state index is 12.8. The van der Waals surface area contributed by atoms with Crippen LogP contribution in [0.4, 0.5) is 0 Å². The van der Waals surface area contributed by atoms with Crippen LogP contribution < -0.4 is 4.80 Å². The topological polar surface area (TPSA) is 68.5 Å². The van der Waals surface area contributed by atoms with E-state index in [2.05, 4.69) is 11.6 Å². The molecule has 0 fully saturated rings. The van der Waals surface area contributed by atoms with Gasteiger partial charge in [0.25, 0.3) is 5.91 Å². The number of rotatable bonds is 5. The largest absolute Gasteiger partial charge is 0.312 e. The molecular weight excluding hydrogens is 380 g/mol. The zero-order valence-electron chi connectivity index (χ0n) is 15.2. The standard InChI is InChI=1S/C20H20N2O3S2/c1-4-12-22-16-11-10-14(3)13-17(16)26-20(22)21-19(23)15-8-6-7-9-18(15)27(24,25)5-2/h4,6-11,13H,1,5,12H2,2-3H3. The van der Waals surface area contributed by atoms with Gasteiger partial charge in [0.15, 0.2) is 14.6 Å². The first-order chi connectivity index (χ1) is 12.9. The second-order valence-electron chi connectivity index (χ2n) is 6.07. The van der Waals surface area contributed by atoms with Gasteiger partial charge in [0, 0.05) is 6.54 Å². The van der Waals surface area contributed by atoms with Crippen molar-refractivity contribution in [2.75, 3.05) is 5.75 Å². The van der Waals surface area contributed by atoms with E-state index in [4.69, 9.17) is 0 Å². The molecule has 3 rings (SSSR count). The minimum Gasteiger partial charge on any atom is -0.312 e. The number of nitrogens with zero attached hydrogens (tertiary/aromatic N) is 2. The summed E-state index contributed by atoms with van der Waals surface area (Å²) in [4.78, 5) is 17.6. The predicted molar refractivity (Wildman–Crippen MR) is 109 cm³/mol. The highest BCUT2D eigenvalue weighted by Gasteiger charge is 2.20. The molecule has 1 heterocycles. The highest BCUT2D eigenvalue weighted by molar-refractivity contribution is 7.91. The summed E-state index contributed by atoms with van der Waals surface area (Å²) in [5.74, 6) is -0.639. The van der Waals surface area contributed by atoms with Gasteiger partial charge in [-0.2, -0.15) is 4.99 Å². The number of benzene rings is 2. The number of thiazole rings is 1. The number of aromatic nitrogens is 1. The highest BCUT2D eigenvalue weighted by atomic mass is 32.2. The maximum Gasteiger partial charge on any atom is 0.280 e. The van der Waals surface area contributed by atoms with Crippen molar-refractivity contribution in [2.24, 2.45) is 4.99 Å². The summed E-state index contributed by atoms with van der Waals surface area (Å²) < 4.78 is 27.5. The SMILES string of the molecule is C=CCn1c(=NC(=O)c2ccccc2S(=O)(=O)CC)sc2cc(C)ccc21. The van der Waals surface area contributed by atoms with Crippen molar-refractivity contribution in [1.82, 2.24) is 4.57 Å². The number of hydrogen-bond donors (Lipinski definition) is 0. The van der Waals surface area contributed by atoms with Crippen molar-refractivity contribution in [2.45, 2.75) is 25.3 Å². The first-order valence-corrected chi connectivity index (χ1v) is 11.0. The summed E-state index contributed by atoms with van der Waals surface area (Å²) in [5, 5.41) is 0. The lowest BCUT2D eigenvalue weighted by molar-refractivity contribution is 0.0994. The average Bonchev–Trinajstić information content (AvgIpc) is 2.98. The number of aryl methyl sites for hydroxylation is 1. The van der Waals surface area contributed by atoms with Crippen molar-refractivity contribution in [3.8, 4) is 0 Å². The van der Waals surface area contributed by atoms with Crippen LogP contribution in [-0.2, 0) is 16.4 Å². The summed E-state index contributed by atoms with van der Waals surface area (Å²) in [6.45, 7) is 7.84. The second-order valence-corrected chi connectivity index (χ2v) is 9.33. The summed E-state index contributed by atoms with van der Waals surface area (Å²) >= 11 is 1.40. The lowest BCUT2D eigenvalue weighted by atomic mass is 10.2. The molecule has 0 saturated heterocycles. The average molecular weight is 401 g/mol. The minimum absolute atomic E-state index is 0.0217. The van der Waals surface area contributed by atoms with Crippen LogP contribution in [-0.4, -0.2) is 24.6 Å². The van der Waals surface area contributed by atoms with Crippen LogP contribution in [0.5, 0.6) is 0 Å². The molecule has 2 aromatic carbocycles. The normalized spacial score (nSPS) is 12.4. The Hall–Kier alpha value is -2.51. The molecule has 5 nitrogen and oxygen atoms in total. The number of hydrogen-bond acceptors (Lipinski definition) is 4. The van der Waals surface area contributed by atoms with Gasteiger partial charge in [-0.1, -0.05) is 42.5 Å². The first kappa shape index (κ1) is 19.3. The van der Waals surface area contributed by atoms with Gasteiger partial charge in [0.05, 0.1) is 26.4 Å². The lowest BCUT2D eigenvalue weighted by Gasteiger charge is -2.06. The van der Waals surface area contributed by atoms with Crippen LogP contribution in [0.15, 0.2) is 65.0 Å². The fourth-order valence-electron chi connectivity index (χ4n) is 2.79. The van der Waals surface area contributed by atoms with E-state index in [1.54, 1.807) is 25.1 Å². The maximum absolute atomic E-state index is 12.8. The summed E-state index contributed by atoms with van der Waals surface area (Å²) in [7, 11) is -3.52. The highest BCUT2D eigenvalue weighted by Crippen LogP contribution is 2.20. The Morgan fingerprint density at radius 1 is 1.26 bits per heavy atom. The molecule has 1 aromatic heterocycles.